The number of hydrogen-bond donors (Lipinski definition) is 1. The van der Waals surface area contributed by atoms with E-state index in [-0.39, 0.29) is 8.85 Å². The summed E-state index contributed by atoms with van der Waals surface area (Å²) in [6.07, 6.45) is 7.71. The topological polar surface area (TPSA) is 66.1 Å². The zero-order chi connectivity index (χ0) is 17.9. The molecule has 0 aromatic carbocycles. The summed E-state index contributed by atoms with van der Waals surface area (Å²) < 4.78 is 0. The third-order valence-corrected chi connectivity index (χ3v) is 5.13. The normalized spacial score (nSPS) is 25.0. The van der Waals surface area contributed by atoms with Crippen LogP contribution in [0.3, 0.4) is 0 Å². The first-order valence-electron chi connectivity index (χ1n) is 9.50. The van der Waals surface area contributed by atoms with Crippen LogP contribution in [0.2, 0.25) is 0 Å². The van der Waals surface area contributed by atoms with Gasteiger partial charge in [-0.1, -0.05) is 7.43 Å². The number of rotatable bonds is 3. The molecule has 0 aliphatic carbocycles. The lowest BCUT2D eigenvalue weighted by Gasteiger charge is -2.34. The van der Waals surface area contributed by atoms with Crippen LogP contribution in [0, 0.1) is 28.7 Å². The molecule has 0 spiro atoms. The van der Waals surface area contributed by atoms with Gasteiger partial charge in [-0.25, -0.2) is 0 Å². The van der Waals surface area contributed by atoms with Crippen molar-refractivity contribution in [2.24, 2.45) is 5.92 Å². The Bertz CT molecular complexity index is 421. The molecule has 2 heterocycles. The van der Waals surface area contributed by atoms with E-state index in [2.05, 4.69) is 48.9 Å². The molecule has 25 heavy (non-hydrogen) atoms. The highest BCUT2D eigenvalue weighted by molar-refractivity contribution is 4.86. The third kappa shape index (κ3) is 9.10. The Morgan fingerprint density at radius 1 is 0.920 bits per heavy atom. The minimum Gasteiger partial charge on any atom is -0.319 e. The van der Waals surface area contributed by atoms with Gasteiger partial charge < -0.3 is 10.2 Å². The molecule has 0 bridgehead atoms. The molecule has 0 saturated carbocycles. The molecule has 2 fully saturated rings. The molecule has 2 unspecified atom stereocenters. The molecule has 2 atom stereocenters. The van der Waals surface area contributed by atoms with Gasteiger partial charge in [0.1, 0.15) is 0 Å². The first-order valence-corrected chi connectivity index (χ1v) is 9.50. The van der Waals surface area contributed by atoms with E-state index in [0.717, 1.165) is 32.4 Å². The van der Waals surface area contributed by atoms with Crippen molar-refractivity contribution in [1.82, 2.24) is 15.1 Å². The SMILES string of the molecule is C.CC(C)N1CCCC(C#N)CC1.CC(C)N1CCCC(NC#N)C1.[HH]. The summed E-state index contributed by atoms with van der Waals surface area (Å²) in [5, 5.41) is 20.1. The van der Waals surface area contributed by atoms with E-state index in [4.69, 9.17) is 10.5 Å². The smallest absolute Gasteiger partial charge is 0.176 e. The van der Waals surface area contributed by atoms with Crippen LogP contribution in [0.1, 0.15) is 68.7 Å². The summed E-state index contributed by atoms with van der Waals surface area (Å²) in [5.41, 5.74) is 0. The second-order valence-corrected chi connectivity index (χ2v) is 7.57. The van der Waals surface area contributed by atoms with Crippen LogP contribution in [0.15, 0.2) is 0 Å². The van der Waals surface area contributed by atoms with Crippen LogP contribution in [0.25, 0.3) is 0 Å². The van der Waals surface area contributed by atoms with Crippen LogP contribution >= 0.6 is 0 Å². The van der Waals surface area contributed by atoms with Crippen LogP contribution in [0.4, 0.5) is 0 Å². The Labute approximate surface area is 157 Å². The van der Waals surface area contributed by atoms with E-state index >= 15 is 0 Å². The van der Waals surface area contributed by atoms with Gasteiger partial charge in [0, 0.05) is 32.0 Å². The van der Waals surface area contributed by atoms with Crippen LogP contribution in [0.5, 0.6) is 0 Å². The summed E-state index contributed by atoms with van der Waals surface area (Å²) in [6.45, 7) is 13.3. The Kier molecular flexibility index (Phi) is 12.3. The third-order valence-electron chi connectivity index (χ3n) is 5.13. The molecule has 0 aromatic heterocycles. The average molecular weight is 352 g/mol. The van der Waals surface area contributed by atoms with Gasteiger partial charge in [0.05, 0.1) is 6.07 Å². The largest absolute Gasteiger partial charge is 0.319 e. The maximum atomic E-state index is 8.77. The van der Waals surface area contributed by atoms with Gasteiger partial charge in [-0.2, -0.15) is 10.5 Å². The van der Waals surface area contributed by atoms with Gasteiger partial charge >= 0.3 is 0 Å². The highest BCUT2D eigenvalue weighted by Crippen LogP contribution is 2.17. The van der Waals surface area contributed by atoms with Crippen molar-refractivity contribution in [1.29, 1.82) is 10.5 Å². The summed E-state index contributed by atoms with van der Waals surface area (Å²) in [5.74, 6) is 0.314. The van der Waals surface area contributed by atoms with Crippen LogP contribution in [-0.4, -0.2) is 54.1 Å². The molecule has 2 aliphatic heterocycles. The van der Waals surface area contributed by atoms with Crippen molar-refractivity contribution in [3.8, 4) is 12.3 Å². The molecule has 1 N–H and O–H groups in total. The second-order valence-electron chi connectivity index (χ2n) is 7.57. The molecule has 2 saturated heterocycles. The molecule has 5 heteroatoms. The van der Waals surface area contributed by atoms with Crippen molar-refractivity contribution in [2.75, 3.05) is 26.2 Å². The molecule has 0 amide bonds. The van der Waals surface area contributed by atoms with E-state index in [1.54, 1.807) is 0 Å². The van der Waals surface area contributed by atoms with E-state index < -0.39 is 0 Å². The standard InChI is InChI=1S/C10H18N2.C9H17N3.CH4.H2/c1-9(2)12-6-3-4-10(8-11)5-7-12;1-8(2)12-5-3-4-9(6-12)11-7-10;;/h9-10H,3-7H2,1-2H3;8-9,11H,3-6H2,1-2H3;1H4;1H. The molecule has 2 aliphatic rings. The van der Waals surface area contributed by atoms with E-state index in [0.29, 0.717) is 24.0 Å². The average Bonchev–Trinajstić information content (AvgIpc) is 2.81. The number of hydrogen-bond acceptors (Lipinski definition) is 5. The Morgan fingerprint density at radius 2 is 1.52 bits per heavy atom. The first-order chi connectivity index (χ1) is 11.5. The lowest BCUT2D eigenvalue weighted by molar-refractivity contribution is 0.161. The second kappa shape index (κ2) is 13.0. The highest BCUT2D eigenvalue weighted by Gasteiger charge is 2.20. The number of nitrogens with one attached hydrogen (secondary N) is 1. The van der Waals surface area contributed by atoms with Crippen molar-refractivity contribution in [3.63, 3.8) is 0 Å². The zero-order valence-electron chi connectivity index (χ0n) is 16.0. The number of nitrogens with zero attached hydrogens (tertiary/aromatic N) is 4. The molecule has 2 rings (SSSR count). The Hall–Kier alpha value is -1.30. The van der Waals surface area contributed by atoms with Gasteiger partial charge in [-0.05, 0) is 79.4 Å². The molecular formula is C20H41N5. The quantitative estimate of drug-likeness (QED) is 0.618. The van der Waals surface area contributed by atoms with E-state index in [1.807, 2.05) is 6.19 Å². The number of piperidine rings is 1. The van der Waals surface area contributed by atoms with E-state index in [1.165, 1.54) is 25.9 Å². The maximum Gasteiger partial charge on any atom is 0.176 e. The van der Waals surface area contributed by atoms with Gasteiger partial charge in [-0.15, -0.1) is 0 Å². The predicted octanol–water partition coefficient (Wildman–Crippen LogP) is 3.83. The lowest BCUT2D eigenvalue weighted by Crippen LogP contribution is -2.46. The van der Waals surface area contributed by atoms with Gasteiger partial charge in [0.2, 0.25) is 0 Å². The van der Waals surface area contributed by atoms with Crippen molar-refractivity contribution >= 4 is 0 Å². The number of likely N-dealkylation sites (tertiary alicyclic amines) is 2. The summed E-state index contributed by atoms with van der Waals surface area (Å²) >= 11 is 0. The molecule has 0 aromatic rings. The molecule has 146 valence electrons. The monoisotopic (exact) mass is 351 g/mol. The fraction of sp³-hybridized carbons (Fsp3) is 0.900. The minimum atomic E-state index is 0. The van der Waals surface area contributed by atoms with Gasteiger partial charge in [0.25, 0.3) is 0 Å². The fourth-order valence-electron chi connectivity index (χ4n) is 3.45. The Balaban J connectivity index is 0. The van der Waals surface area contributed by atoms with Crippen molar-refractivity contribution < 1.29 is 1.43 Å². The Morgan fingerprint density at radius 3 is 2.08 bits per heavy atom. The van der Waals surface area contributed by atoms with Gasteiger partial charge in [0.15, 0.2) is 6.19 Å². The van der Waals surface area contributed by atoms with Crippen molar-refractivity contribution in [2.45, 2.75) is 85.4 Å². The van der Waals surface area contributed by atoms with Crippen LogP contribution < -0.4 is 5.32 Å². The van der Waals surface area contributed by atoms with E-state index in [9.17, 15) is 0 Å². The maximum absolute atomic E-state index is 8.77. The predicted molar refractivity (Wildman–Crippen MR) is 107 cm³/mol. The van der Waals surface area contributed by atoms with Gasteiger partial charge in [-0.3, -0.25) is 4.90 Å². The first kappa shape index (κ1) is 23.7. The van der Waals surface area contributed by atoms with Crippen LogP contribution in [-0.2, 0) is 0 Å². The summed E-state index contributed by atoms with van der Waals surface area (Å²) in [4.78, 5) is 4.88. The van der Waals surface area contributed by atoms with Crippen molar-refractivity contribution in [3.05, 3.63) is 0 Å². The minimum absolute atomic E-state index is 0. The molecule has 0 radical (unpaired) electrons. The summed E-state index contributed by atoms with van der Waals surface area (Å²) in [6, 6.07) is 4.00. The molecular weight excluding hydrogens is 310 g/mol. The zero-order valence-corrected chi connectivity index (χ0v) is 16.0. The lowest BCUT2D eigenvalue weighted by atomic mass is 10.0. The molecule has 5 nitrogen and oxygen atoms in total. The highest BCUT2D eigenvalue weighted by atomic mass is 15.2. The summed E-state index contributed by atoms with van der Waals surface area (Å²) in [7, 11) is 0. The number of nitriles is 2. The fourth-order valence-corrected chi connectivity index (χ4v) is 3.45.